The Hall–Kier alpha value is -1.25. The number of hydrogen-bond donors (Lipinski definition) is 0. The zero-order valence-corrected chi connectivity index (χ0v) is 10.7. The third kappa shape index (κ3) is 6.27. The summed E-state index contributed by atoms with van der Waals surface area (Å²) in [6.07, 6.45) is 5.09. The summed E-state index contributed by atoms with van der Waals surface area (Å²) < 4.78 is 9.94. The van der Waals surface area contributed by atoms with Crippen molar-refractivity contribution in [1.82, 2.24) is 0 Å². The highest BCUT2D eigenvalue weighted by Crippen LogP contribution is 2.04. The lowest BCUT2D eigenvalue weighted by atomic mass is 10.2. The average molecular weight is 226 g/mol. The minimum atomic E-state index is -0.597. The van der Waals surface area contributed by atoms with E-state index in [1.165, 1.54) is 0 Å². The molecule has 0 unspecified atom stereocenters. The Morgan fingerprint density at radius 1 is 0.938 bits per heavy atom. The third-order valence-electron chi connectivity index (χ3n) is 2.48. The molecule has 0 aromatic heterocycles. The van der Waals surface area contributed by atoms with E-state index in [0.29, 0.717) is 13.2 Å². The molecule has 92 valence electrons. The molecule has 3 nitrogen and oxygen atoms in total. The molecule has 3 heteroatoms. The molecule has 0 N–H and O–H groups in total. The standard InChI is InChI=1S/C13H22O3/c1-5-11(6-2)9-15-13(14)16-10-12(7-3)8-4/h5,7H,6,8-10H2,1-4H3. The topological polar surface area (TPSA) is 35.5 Å². The molecule has 0 radical (unpaired) electrons. The molecule has 0 spiro atoms. The van der Waals surface area contributed by atoms with E-state index < -0.39 is 6.16 Å². The van der Waals surface area contributed by atoms with E-state index in [1.54, 1.807) is 0 Å². The minimum absolute atomic E-state index is 0.323. The van der Waals surface area contributed by atoms with Crippen molar-refractivity contribution in [3.8, 4) is 0 Å². The van der Waals surface area contributed by atoms with Crippen molar-refractivity contribution in [2.45, 2.75) is 40.5 Å². The normalized spacial score (nSPS) is 12.5. The quantitative estimate of drug-likeness (QED) is 0.509. The fourth-order valence-electron chi connectivity index (χ4n) is 1.12. The first-order chi connectivity index (χ1) is 7.67. The van der Waals surface area contributed by atoms with Gasteiger partial charge in [-0.15, -0.1) is 0 Å². The summed E-state index contributed by atoms with van der Waals surface area (Å²) in [4.78, 5) is 11.2. The molecule has 0 atom stereocenters. The molecule has 0 aliphatic heterocycles. The van der Waals surface area contributed by atoms with E-state index in [0.717, 1.165) is 24.0 Å². The van der Waals surface area contributed by atoms with E-state index >= 15 is 0 Å². The number of carbonyl (C=O) groups excluding carboxylic acids is 1. The van der Waals surface area contributed by atoms with E-state index in [4.69, 9.17) is 9.47 Å². The summed E-state index contributed by atoms with van der Waals surface area (Å²) in [7, 11) is 0. The van der Waals surface area contributed by atoms with Crippen LogP contribution in [0.15, 0.2) is 23.3 Å². The largest absolute Gasteiger partial charge is 0.508 e. The van der Waals surface area contributed by atoms with E-state index in [9.17, 15) is 4.79 Å². The molecule has 0 amide bonds. The first-order valence-corrected chi connectivity index (χ1v) is 5.75. The summed E-state index contributed by atoms with van der Waals surface area (Å²) in [5.41, 5.74) is 2.19. The van der Waals surface area contributed by atoms with Crippen LogP contribution in [0.2, 0.25) is 0 Å². The average Bonchev–Trinajstić information content (AvgIpc) is 2.31. The Bertz CT molecular complexity index is 238. The lowest BCUT2D eigenvalue weighted by Gasteiger charge is -2.08. The first kappa shape index (κ1) is 14.8. The van der Waals surface area contributed by atoms with Crippen LogP contribution < -0.4 is 0 Å². The van der Waals surface area contributed by atoms with E-state index in [2.05, 4.69) is 0 Å². The van der Waals surface area contributed by atoms with Gasteiger partial charge in [0.25, 0.3) is 0 Å². The van der Waals surface area contributed by atoms with Crippen LogP contribution in [0.4, 0.5) is 4.79 Å². The molecular weight excluding hydrogens is 204 g/mol. The van der Waals surface area contributed by atoms with Crippen LogP contribution in [-0.4, -0.2) is 19.4 Å². The molecule has 0 bridgehead atoms. The highest BCUT2D eigenvalue weighted by molar-refractivity contribution is 5.60. The fourth-order valence-corrected chi connectivity index (χ4v) is 1.12. The van der Waals surface area contributed by atoms with Gasteiger partial charge in [-0.05, 0) is 37.8 Å². The van der Waals surface area contributed by atoms with Crippen LogP contribution in [0.5, 0.6) is 0 Å². The van der Waals surface area contributed by atoms with Gasteiger partial charge in [-0.3, -0.25) is 0 Å². The van der Waals surface area contributed by atoms with Gasteiger partial charge in [0.05, 0.1) is 0 Å². The second-order valence-electron chi connectivity index (χ2n) is 3.43. The summed E-state index contributed by atoms with van der Waals surface area (Å²) in [6.45, 7) is 8.56. The van der Waals surface area contributed by atoms with Crippen molar-refractivity contribution in [2.75, 3.05) is 13.2 Å². The van der Waals surface area contributed by atoms with Crippen LogP contribution in [0.3, 0.4) is 0 Å². The van der Waals surface area contributed by atoms with Crippen LogP contribution in [0, 0.1) is 0 Å². The molecule has 0 aromatic carbocycles. The van der Waals surface area contributed by atoms with Crippen molar-refractivity contribution in [2.24, 2.45) is 0 Å². The molecule has 0 aromatic rings. The molecule has 0 aliphatic rings. The monoisotopic (exact) mass is 226 g/mol. The molecule has 0 saturated heterocycles. The smallest absolute Gasteiger partial charge is 0.430 e. The maximum atomic E-state index is 11.2. The molecule has 0 rings (SSSR count). The van der Waals surface area contributed by atoms with Gasteiger partial charge in [0, 0.05) is 0 Å². The molecule has 0 fully saturated rings. The van der Waals surface area contributed by atoms with Crippen LogP contribution in [-0.2, 0) is 9.47 Å². The SMILES string of the molecule is CC=C(CC)COC(=O)OCC(=CC)CC. The lowest BCUT2D eigenvalue weighted by molar-refractivity contribution is 0.0673. The van der Waals surface area contributed by atoms with Crippen molar-refractivity contribution in [1.29, 1.82) is 0 Å². The number of ether oxygens (including phenoxy) is 2. The van der Waals surface area contributed by atoms with Gasteiger partial charge >= 0.3 is 6.16 Å². The number of hydrogen-bond acceptors (Lipinski definition) is 3. The molecule has 0 heterocycles. The molecule has 16 heavy (non-hydrogen) atoms. The third-order valence-corrected chi connectivity index (χ3v) is 2.48. The zero-order valence-electron chi connectivity index (χ0n) is 10.7. The van der Waals surface area contributed by atoms with Gasteiger partial charge in [-0.25, -0.2) is 4.79 Å². The number of allylic oxidation sites excluding steroid dienone is 2. The predicted molar refractivity (Wildman–Crippen MR) is 65.4 cm³/mol. The van der Waals surface area contributed by atoms with Gasteiger partial charge in [0.15, 0.2) is 0 Å². The van der Waals surface area contributed by atoms with Crippen LogP contribution in [0.1, 0.15) is 40.5 Å². The summed E-state index contributed by atoms with van der Waals surface area (Å²) in [5, 5.41) is 0. The summed E-state index contributed by atoms with van der Waals surface area (Å²) in [5.74, 6) is 0. The minimum Gasteiger partial charge on any atom is -0.430 e. The van der Waals surface area contributed by atoms with E-state index in [-0.39, 0.29) is 0 Å². The Morgan fingerprint density at radius 3 is 1.56 bits per heavy atom. The van der Waals surface area contributed by atoms with Gasteiger partial charge in [0.1, 0.15) is 13.2 Å². The Morgan fingerprint density at radius 2 is 1.31 bits per heavy atom. The first-order valence-electron chi connectivity index (χ1n) is 5.75. The van der Waals surface area contributed by atoms with Crippen molar-refractivity contribution >= 4 is 6.16 Å². The van der Waals surface area contributed by atoms with Gasteiger partial charge in [0.2, 0.25) is 0 Å². The second-order valence-corrected chi connectivity index (χ2v) is 3.43. The van der Waals surface area contributed by atoms with Gasteiger partial charge < -0.3 is 9.47 Å². The summed E-state index contributed by atoms with van der Waals surface area (Å²) >= 11 is 0. The van der Waals surface area contributed by atoms with Crippen LogP contribution in [0.25, 0.3) is 0 Å². The summed E-state index contributed by atoms with van der Waals surface area (Å²) in [6, 6.07) is 0. The van der Waals surface area contributed by atoms with Gasteiger partial charge in [-0.1, -0.05) is 26.0 Å². The molecular formula is C13H22O3. The van der Waals surface area contributed by atoms with Crippen molar-refractivity contribution in [3.05, 3.63) is 23.3 Å². The Kier molecular flexibility index (Phi) is 8.31. The Balaban J connectivity index is 3.83. The van der Waals surface area contributed by atoms with E-state index in [1.807, 2.05) is 39.8 Å². The predicted octanol–water partition coefficient (Wildman–Crippen LogP) is 3.85. The lowest BCUT2D eigenvalue weighted by Crippen LogP contribution is -2.11. The Labute approximate surface area is 98.1 Å². The van der Waals surface area contributed by atoms with Crippen molar-refractivity contribution in [3.63, 3.8) is 0 Å². The highest BCUT2D eigenvalue weighted by atomic mass is 16.7. The van der Waals surface area contributed by atoms with Gasteiger partial charge in [-0.2, -0.15) is 0 Å². The maximum absolute atomic E-state index is 11.2. The number of rotatable bonds is 6. The molecule has 0 saturated carbocycles. The zero-order chi connectivity index (χ0) is 12.4. The second kappa shape index (κ2) is 9.01. The molecule has 0 aliphatic carbocycles. The highest BCUT2D eigenvalue weighted by Gasteiger charge is 2.05. The van der Waals surface area contributed by atoms with Crippen LogP contribution >= 0.6 is 0 Å². The fraction of sp³-hybridized carbons (Fsp3) is 0.615. The maximum Gasteiger partial charge on any atom is 0.508 e. The number of carbonyl (C=O) groups is 1. The van der Waals surface area contributed by atoms with Crippen molar-refractivity contribution < 1.29 is 14.3 Å².